The second-order valence-electron chi connectivity index (χ2n) is 7.69. The Morgan fingerprint density at radius 2 is 1.67 bits per heavy atom. The summed E-state index contributed by atoms with van der Waals surface area (Å²) < 4.78 is 32.6. The van der Waals surface area contributed by atoms with Crippen LogP contribution in [0.25, 0.3) is 10.9 Å². The van der Waals surface area contributed by atoms with Gasteiger partial charge in [-0.2, -0.15) is 8.42 Å². The van der Waals surface area contributed by atoms with Gasteiger partial charge in [-0.1, -0.05) is 30.3 Å². The summed E-state index contributed by atoms with van der Waals surface area (Å²) in [5, 5.41) is 0.289. The minimum absolute atomic E-state index is 0.0502. The Kier molecular flexibility index (Phi) is 6.71. The summed E-state index contributed by atoms with van der Waals surface area (Å²) in [6.45, 7) is 1.58. The van der Waals surface area contributed by atoms with E-state index >= 15 is 0 Å². The van der Waals surface area contributed by atoms with E-state index in [1.807, 2.05) is 0 Å². The summed E-state index contributed by atoms with van der Waals surface area (Å²) in [5.41, 5.74) is 1.50. The number of nitrogens with one attached hydrogen (secondary N) is 1. The highest BCUT2D eigenvalue weighted by Crippen LogP contribution is 2.30. The number of carbonyl (C=O) groups is 3. The molecule has 0 fully saturated rings. The van der Waals surface area contributed by atoms with Crippen LogP contribution >= 0.6 is 0 Å². The number of aromatic nitrogens is 1. The van der Waals surface area contributed by atoms with Gasteiger partial charge >= 0.3 is 5.97 Å². The lowest BCUT2D eigenvalue weighted by atomic mass is 9.96. The van der Waals surface area contributed by atoms with Crippen molar-refractivity contribution >= 4 is 38.7 Å². The number of fused-ring (bicyclic) bond motifs is 1. The van der Waals surface area contributed by atoms with Gasteiger partial charge in [-0.25, -0.2) is 4.79 Å². The van der Waals surface area contributed by atoms with E-state index in [9.17, 15) is 22.8 Å². The van der Waals surface area contributed by atoms with E-state index in [0.717, 1.165) is 6.26 Å². The zero-order chi connectivity index (χ0) is 24.5. The van der Waals surface area contributed by atoms with Crippen LogP contribution in [0.3, 0.4) is 0 Å². The molecule has 0 aliphatic heterocycles. The first-order valence-electron chi connectivity index (χ1n) is 9.92. The van der Waals surface area contributed by atoms with Crippen molar-refractivity contribution in [2.75, 3.05) is 27.5 Å². The number of hydrogen-bond acceptors (Lipinski definition) is 7. The molecule has 0 saturated carbocycles. The van der Waals surface area contributed by atoms with Crippen molar-refractivity contribution in [3.05, 3.63) is 70.4 Å². The number of benzene rings is 2. The SMILES string of the molecule is COC(=O)c1cccc2[nH]c(C(=O)N(C)C)c(C(=O)c3ccc(C(C)OS(C)(=O)=O)cc3)c12. The molecule has 1 heterocycles. The first kappa shape index (κ1) is 24.1. The van der Waals surface area contributed by atoms with Crippen molar-refractivity contribution in [2.24, 2.45) is 0 Å². The molecule has 1 amide bonds. The molecular weight excluding hydrogens is 448 g/mol. The van der Waals surface area contributed by atoms with Crippen LogP contribution in [0, 0.1) is 0 Å². The minimum atomic E-state index is -3.65. The Bertz CT molecular complexity index is 1340. The van der Waals surface area contributed by atoms with E-state index in [1.165, 1.54) is 30.2 Å². The zero-order valence-electron chi connectivity index (χ0n) is 18.8. The first-order chi connectivity index (χ1) is 15.4. The Labute approximate surface area is 191 Å². The number of amides is 1. The van der Waals surface area contributed by atoms with E-state index in [-0.39, 0.29) is 27.8 Å². The Balaban J connectivity index is 2.15. The fourth-order valence-corrected chi connectivity index (χ4v) is 4.14. The molecule has 2 aromatic carbocycles. The molecule has 10 heteroatoms. The standard InChI is InChI=1S/C23H24N2O7S/c1-13(32-33(5,29)30)14-9-11-15(12-10-14)21(26)19-18-16(23(28)31-4)7-6-8-17(18)24-20(19)22(27)25(2)3/h6-13,24H,1-5H3. The van der Waals surface area contributed by atoms with Gasteiger partial charge < -0.3 is 14.6 Å². The van der Waals surface area contributed by atoms with Gasteiger partial charge in [0.2, 0.25) is 0 Å². The number of nitrogens with zero attached hydrogens (tertiary/aromatic N) is 1. The van der Waals surface area contributed by atoms with E-state index in [0.29, 0.717) is 11.1 Å². The highest BCUT2D eigenvalue weighted by Gasteiger charge is 2.28. The van der Waals surface area contributed by atoms with Crippen molar-refractivity contribution in [2.45, 2.75) is 13.0 Å². The number of esters is 1. The number of methoxy groups -OCH3 is 1. The third-order valence-electron chi connectivity index (χ3n) is 5.04. The Morgan fingerprint density at radius 3 is 2.21 bits per heavy atom. The van der Waals surface area contributed by atoms with Crippen molar-refractivity contribution in [1.82, 2.24) is 9.88 Å². The number of ether oxygens (including phenoxy) is 1. The number of carbonyl (C=O) groups excluding carboxylic acids is 3. The van der Waals surface area contributed by atoms with E-state index in [2.05, 4.69) is 4.98 Å². The summed E-state index contributed by atoms with van der Waals surface area (Å²) >= 11 is 0. The van der Waals surface area contributed by atoms with Gasteiger partial charge in [0.05, 0.1) is 30.6 Å². The second-order valence-corrected chi connectivity index (χ2v) is 9.29. The van der Waals surface area contributed by atoms with Crippen LogP contribution in [0.5, 0.6) is 0 Å². The van der Waals surface area contributed by atoms with Crippen LogP contribution in [-0.2, 0) is 19.0 Å². The molecule has 3 rings (SSSR count). The molecule has 1 atom stereocenters. The first-order valence-corrected chi connectivity index (χ1v) is 11.7. The van der Waals surface area contributed by atoms with Gasteiger partial charge in [-0.3, -0.25) is 13.8 Å². The Hall–Kier alpha value is -3.50. The number of H-pyrrole nitrogens is 1. The maximum absolute atomic E-state index is 13.6. The fourth-order valence-electron chi connectivity index (χ4n) is 3.51. The third kappa shape index (κ3) is 4.96. The highest BCUT2D eigenvalue weighted by molar-refractivity contribution is 7.86. The molecule has 33 heavy (non-hydrogen) atoms. The Morgan fingerprint density at radius 1 is 1.03 bits per heavy atom. The van der Waals surface area contributed by atoms with Gasteiger partial charge in [0.1, 0.15) is 5.69 Å². The molecule has 0 bridgehead atoms. The maximum atomic E-state index is 13.6. The minimum Gasteiger partial charge on any atom is -0.465 e. The molecule has 0 radical (unpaired) electrons. The van der Waals surface area contributed by atoms with Gasteiger partial charge in [0.15, 0.2) is 5.78 Å². The largest absolute Gasteiger partial charge is 0.465 e. The second kappa shape index (κ2) is 9.16. The lowest BCUT2D eigenvalue weighted by Gasteiger charge is -2.13. The molecule has 0 saturated heterocycles. The molecule has 3 aromatic rings. The molecule has 9 nitrogen and oxygen atoms in total. The molecule has 1 unspecified atom stereocenters. The molecule has 1 aromatic heterocycles. The third-order valence-corrected chi connectivity index (χ3v) is 5.68. The molecule has 1 N–H and O–H groups in total. The average molecular weight is 473 g/mol. The molecule has 0 aliphatic carbocycles. The van der Waals surface area contributed by atoms with Crippen molar-refractivity contribution < 1.29 is 31.7 Å². The highest BCUT2D eigenvalue weighted by atomic mass is 32.2. The van der Waals surface area contributed by atoms with E-state index in [4.69, 9.17) is 8.92 Å². The predicted octanol–water partition coefficient (Wildman–Crippen LogP) is 2.92. The molecule has 0 spiro atoms. The zero-order valence-corrected chi connectivity index (χ0v) is 19.6. The summed E-state index contributed by atoms with van der Waals surface area (Å²) in [6, 6.07) is 11.0. The lowest BCUT2D eigenvalue weighted by molar-refractivity contribution is 0.0602. The maximum Gasteiger partial charge on any atom is 0.338 e. The normalized spacial score (nSPS) is 12.4. The number of hydrogen-bond donors (Lipinski definition) is 1. The van der Waals surface area contributed by atoms with E-state index < -0.39 is 33.9 Å². The van der Waals surface area contributed by atoms with Gasteiger partial charge in [0.25, 0.3) is 16.0 Å². The van der Waals surface area contributed by atoms with Crippen molar-refractivity contribution in [3.63, 3.8) is 0 Å². The summed E-state index contributed by atoms with van der Waals surface area (Å²) in [5.74, 6) is -1.55. The summed E-state index contributed by atoms with van der Waals surface area (Å²) in [7, 11) is 0.696. The fraction of sp³-hybridized carbons (Fsp3) is 0.261. The molecular formula is C23H24N2O7S. The smallest absolute Gasteiger partial charge is 0.338 e. The van der Waals surface area contributed by atoms with Crippen LogP contribution in [-0.4, -0.2) is 63.4 Å². The monoisotopic (exact) mass is 472 g/mol. The number of ketones is 1. The van der Waals surface area contributed by atoms with Gasteiger partial charge in [0, 0.05) is 30.6 Å². The van der Waals surface area contributed by atoms with Gasteiger partial charge in [-0.15, -0.1) is 0 Å². The van der Waals surface area contributed by atoms with Crippen LogP contribution < -0.4 is 0 Å². The van der Waals surface area contributed by atoms with Crippen LogP contribution in [0.4, 0.5) is 0 Å². The quantitative estimate of drug-likeness (QED) is 0.319. The van der Waals surface area contributed by atoms with Crippen LogP contribution in [0.15, 0.2) is 42.5 Å². The predicted molar refractivity (Wildman–Crippen MR) is 122 cm³/mol. The van der Waals surface area contributed by atoms with Crippen molar-refractivity contribution in [3.8, 4) is 0 Å². The van der Waals surface area contributed by atoms with Crippen molar-refractivity contribution in [1.29, 1.82) is 0 Å². The molecule has 174 valence electrons. The summed E-state index contributed by atoms with van der Waals surface area (Å²) in [6.07, 6.45) is 0.217. The van der Waals surface area contributed by atoms with Crippen LogP contribution in [0.2, 0.25) is 0 Å². The summed E-state index contributed by atoms with van der Waals surface area (Å²) in [4.78, 5) is 43.1. The molecule has 0 aliphatic rings. The number of aromatic amines is 1. The average Bonchev–Trinajstić information content (AvgIpc) is 3.15. The topological polar surface area (TPSA) is 123 Å². The lowest BCUT2D eigenvalue weighted by Crippen LogP contribution is -2.24. The van der Waals surface area contributed by atoms with Gasteiger partial charge in [-0.05, 0) is 24.6 Å². The number of rotatable bonds is 7. The van der Waals surface area contributed by atoms with Crippen LogP contribution in [0.1, 0.15) is 55.4 Å². The van der Waals surface area contributed by atoms with E-state index in [1.54, 1.807) is 45.3 Å².